The lowest BCUT2D eigenvalue weighted by molar-refractivity contribution is -0.153. The number of alkyl halides is 3. The second-order valence-corrected chi connectivity index (χ2v) is 9.44. The maximum Gasteiger partial charge on any atom is 0.422 e. The number of hydrogen-bond acceptors (Lipinski definition) is 5. The van der Waals surface area contributed by atoms with Gasteiger partial charge < -0.3 is 10.1 Å². The number of nitrogens with one attached hydrogen (secondary N) is 2. The highest BCUT2D eigenvalue weighted by molar-refractivity contribution is 7.89. The zero-order valence-electron chi connectivity index (χ0n) is 16.6. The topological polar surface area (TPSA) is 84.5 Å². The lowest BCUT2D eigenvalue weighted by Gasteiger charge is -2.11. The number of amides is 1. The van der Waals surface area contributed by atoms with Crippen molar-refractivity contribution in [3.05, 3.63) is 76.5 Å². The second-order valence-electron chi connectivity index (χ2n) is 6.64. The van der Waals surface area contributed by atoms with E-state index in [2.05, 4.69) is 14.8 Å². The first kappa shape index (κ1) is 23.8. The van der Waals surface area contributed by atoms with Gasteiger partial charge in [-0.25, -0.2) is 13.1 Å². The largest absolute Gasteiger partial charge is 0.484 e. The molecular formula is C21H19F3N2O4S2. The number of ether oxygens (including phenoxy) is 1. The van der Waals surface area contributed by atoms with Crippen LogP contribution in [0, 0.1) is 0 Å². The quantitative estimate of drug-likeness (QED) is 0.470. The summed E-state index contributed by atoms with van der Waals surface area (Å²) in [5.74, 6) is -0.595. The molecule has 6 nitrogen and oxygen atoms in total. The third kappa shape index (κ3) is 7.08. The minimum Gasteiger partial charge on any atom is -0.484 e. The van der Waals surface area contributed by atoms with Gasteiger partial charge in [-0.3, -0.25) is 4.79 Å². The van der Waals surface area contributed by atoms with E-state index in [-0.39, 0.29) is 28.4 Å². The van der Waals surface area contributed by atoms with Crippen LogP contribution in [0.25, 0.3) is 0 Å². The van der Waals surface area contributed by atoms with E-state index in [1.165, 1.54) is 48.5 Å². The highest BCUT2D eigenvalue weighted by Gasteiger charge is 2.28. The van der Waals surface area contributed by atoms with Crippen LogP contribution in [0.15, 0.2) is 70.9 Å². The van der Waals surface area contributed by atoms with Gasteiger partial charge in [0.05, 0.1) is 4.90 Å². The molecule has 1 heterocycles. The number of sulfonamides is 1. The highest BCUT2D eigenvalue weighted by Crippen LogP contribution is 2.22. The summed E-state index contributed by atoms with van der Waals surface area (Å²) in [5.41, 5.74) is 0.422. The number of rotatable bonds is 9. The van der Waals surface area contributed by atoms with E-state index < -0.39 is 28.7 Å². The van der Waals surface area contributed by atoms with Crippen molar-refractivity contribution >= 4 is 33.0 Å². The van der Waals surface area contributed by atoms with Gasteiger partial charge in [-0.05, 0) is 54.3 Å². The number of benzene rings is 2. The smallest absolute Gasteiger partial charge is 0.422 e. The standard InChI is InChI=1S/C21H19F3N2O4S2/c22-21(23,24)14-30-17-4-1-3-16(13-17)26-20(27)15-6-8-19(9-7-15)32(28,29)25-11-10-18-5-2-12-31-18/h1-9,12-13,25H,10-11,14H2,(H,26,27). The Labute approximate surface area is 187 Å². The van der Waals surface area contributed by atoms with Gasteiger partial charge in [-0.2, -0.15) is 13.2 Å². The molecular weight excluding hydrogens is 465 g/mol. The summed E-state index contributed by atoms with van der Waals surface area (Å²) >= 11 is 1.54. The van der Waals surface area contributed by atoms with Gasteiger partial charge in [0, 0.05) is 28.7 Å². The van der Waals surface area contributed by atoms with Crippen LogP contribution >= 0.6 is 11.3 Å². The Morgan fingerprint density at radius 2 is 1.78 bits per heavy atom. The van der Waals surface area contributed by atoms with Gasteiger partial charge in [0.25, 0.3) is 5.91 Å². The maximum absolute atomic E-state index is 12.4. The number of anilines is 1. The van der Waals surface area contributed by atoms with Crippen molar-refractivity contribution in [1.29, 1.82) is 0 Å². The number of halogens is 3. The Morgan fingerprint density at radius 1 is 1.03 bits per heavy atom. The first-order valence-electron chi connectivity index (χ1n) is 9.35. The minimum atomic E-state index is -4.47. The molecule has 0 radical (unpaired) electrons. The molecule has 0 fully saturated rings. The molecule has 0 aliphatic heterocycles. The Bertz CT molecular complexity index is 1150. The first-order valence-corrected chi connectivity index (χ1v) is 11.7. The number of carbonyl (C=O) groups is 1. The fourth-order valence-corrected chi connectivity index (χ4v) is 4.41. The van der Waals surface area contributed by atoms with Crippen molar-refractivity contribution in [3.8, 4) is 5.75 Å². The molecule has 0 atom stereocenters. The van der Waals surface area contributed by atoms with Crippen molar-refractivity contribution in [2.45, 2.75) is 17.5 Å². The molecule has 0 aliphatic rings. The normalized spacial score (nSPS) is 11.8. The molecule has 170 valence electrons. The average molecular weight is 485 g/mol. The molecule has 0 bridgehead atoms. The van der Waals surface area contributed by atoms with Crippen molar-refractivity contribution in [1.82, 2.24) is 4.72 Å². The van der Waals surface area contributed by atoms with Gasteiger partial charge in [-0.15, -0.1) is 11.3 Å². The summed E-state index contributed by atoms with van der Waals surface area (Å²) in [6, 6.07) is 14.7. The summed E-state index contributed by atoms with van der Waals surface area (Å²) in [6.07, 6.45) is -3.90. The van der Waals surface area contributed by atoms with Gasteiger partial charge in [0.2, 0.25) is 10.0 Å². The van der Waals surface area contributed by atoms with Gasteiger partial charge in [0.15, 0.2) is 6.61 Å². The van der Waals surface area contributed by atoms with Crippen LogP contribution in [0.1, 0.15) is 15.2 Å². The third-order valence-corrected chi connectivity index (χ3v) is 6.58. The Morgan fingerprint density at radius 3 is 2.44 bits per heavy atom. The molecule has 32 heavy (non-hydrogen) atoms. The minimum absolute atomic E-state index is 0.0165. The fourth-order valence-electron chi connectivity index (χ4n) is 2.66. The summed E-state index contributed by atoms with van der Waals surface area (Å²) in [5, 5.41) is 4.46. The summed E-state index contributed by atoms with van der Waals surface area (Å²) in [7, 11) is -3.72. The van der Waals surface area contributed by atoms with E-state index in [0.717, 1.165) is 4.88 Å². The SMILES string of the molecule is O=C(Nc1cccc(OCC(F)(F)F)c1)c1ccc(S(=O)(=O)NCCc2cccs2)cc1. The number of thiophene rings is 1. The lowest BCUT2D eigenvalue weighted by Crippen LogP contribution is -2.26. The zero-order valence-corrected chi connectivity index (χ0v) is 18.2. The molecule has 0 aliphatic carbocycles. The van der Waals surface area contributed by atoms with E-state index in [1.54, 1.807) is 11.3 Å². The summed E-state index contributed by atoms with van der Waals surface area (Å²) in [6.45, 7) is -1.19. The molecule has 3 rings (SSSR count). The van der Waals surface area contributed by atoms with E-state index in [9.17, 15) is 26.4 Å². The number of hydrogen-bond donors (Lipinski definition) is 2. The van der Waals surface area contributed by atoms with Crippen molar-refractivity contribution in [2.75, 3.05) is 18.5 Å². The molecule has 3 aromatic rings. The van der Waals surface area contributed by atoms with Gasteiger partial charge in [0.1, 0.15) is 5.75 Å². The Kier molecular flexibility index (Phi) is 7.54. The molecule has 2 N–H and O–H groups in total. The molecule has 0 saturated heterocycles. The van der Waals surface area contributed by atoms with Crippen LogP contribution in [-0.4, -0.2) is 33.7 Å². The van der Waals surface area contributed by atoms with Crippen LogP contribution in [0.5, 0.6) is 5.75 Å². The van der Waals surface area contributed by atoms with Gasteiger partial charge in [-0.1, -0.05) is 12.1 Å². The van der Waals surface area contributed by atoms with E-state index >= 15 is 0 Å². The number of carbonyl (C=O) groups excluding carboxylic acids is 1. The van der Waals surface area contributed by atoms with Crippen LogP contribution < -0.4 is 14.8 Å². The van der Waals surface area contributed by atoms with Crippen LogP contribution in [0.4, 0.5) is 18.9 Å². The predicted octanol–water partition coefficient (Wildman–Crippen LogP) is 4.46. The second kappa shape index (κ2) is 10.2. The monoisotopic (exact) mass is 484 g/mol. The van der Waals surface area contributed by atoms with E-state index in [0.29, 0.717) is 6.42 Å². The van der Waals surface area contributed by atoms with Gasteiger partial charge >= 0.3 is 6.18 Å². The third-order valence-electron chi connectivity index (χ3n) is 4.16. The van der Waals surface area contributed by atoms with Crippen molar-refractivity contribution in [2.24, 2.45) is 0 Å². The fraction of sp³-hybridized carbons (Fsp3) is 0.190. The Hall–Kier alpha value is -2.89. The molecule has 2 aromatic carbocycles. The molecule has 0 spiro atoms. The zero-order chi connectivity index (χ0) is 23.2. The maximum atomic E-state index is 12.4. The lowest BCUT2D eigenvalue weighted by atomic mass is 10.2. The molecule has 0 saturated carbocycles. The summed E-state index contributed by atoms with van der Waals surface area (Å²) < 4.78 is 68.8. The molecule has 1 aromatic heterocycles. The van der Waals surface area contributed by atoms with E-state index in [4.69, 9.17) is 0 Å². The first-order chi connectivity index (χ1) is 15.1. The van der Waals surface area contributed by atoms with Crippen LogP contribution in [-0.2, 0) is 16.4 Å². The summed E-state index contributed by atoms with van der Waals surface area (Å²) in [4.78, 5) is 13.5. The van der Waals surface area contributed by atoms with Crippen LogP contribution in [0.3, 0.4) is 0 Å². The Balaban J connectivity index is 1.59. The van der Waals surface area contributed by atoms with E-state index in [1.807, 2.05) is 17.5 Å². The highest BCUT2D eigenvalue weighted by atomic mass is 32.2. The predicted molar refractivity (Wildman–Crippen MR) is 116 cm³/mol. The molecule has 11 heteroatoms. The van der Waals surface area contributed by atoms with Crippen molar-refractivity contribution in [3.63, 3.8) is 0 Å². The molecule has 1 amide bonds. The van der Waals surface area contributed by atoms with Crippen molar-refractivity contribution < 1.29 is 31.1 Å². The molecule has 0 unspecified atom stereocenters. The average Bonchev–Trinajstić information content (AvgIpc) is 3.25. The van der Waals surface area contributed by atoms with Crippen LogP contribution in [0.2, 0.25) is 0 Å².